The third-order valence-electron chi connectivity index (χ3n) is 4.11. The van der Waals surface area contributed by atoms with Gasteiger partial charge in [-0.25, -0.2) is 9.59 Å². The summed E-state index contributed by atoms with van der Waals surface area (Å²) in [4.78, 5) is 21.8. The molecule has 0 rings (SSSR count). The molecule has 10 nitrogen and oxygen atoms in total. The van der Waals surface area contributed by atoms with E-state index in [1.54, 1.807) is 49.6 Å². The van der Waals surface area contributed by atoms with E-state index in [1.165, 1.54) is 0 Å². The molecule has 0 bridgehead atoms. The Balaban J connectivity index is 0. The Hall–Kier alpha value is -1.39. The van der Waals surface area contributed by atoms with Gasteiger partial charge in [0.1, 0.15) is 0 Å². The molecule has 0 saturated carbocycles. The lowest BCUT2D eigenvalue weighted by Crippen LogP contribution is -2.42. The molecule has 0 aromatic rings. The molecule has 0 spiro atoms. The number of esters is 2. The topological polar surface area (TPSA) is 108 Å². The molecule has 0 aromatic carbocycles. The highest BCUT2D eigenvalue weighted by Crippen LogP contribution is 2.15. The molecule has 182 valence electrons. The van der Waals surface area contributed by atoms with E-state index in [4.69, 9.17) is 36.0 Å². The van der Waals surface area contributed by atoms with E-state index >= 15 is 0 Å². The van der Waals surface area contributed by atoms with Crippen molar-refractivity contribution in [2.24, 2.45) is 0 Å². The zero-order valence-corrected chi connectivity index (χ0v) is 21.8. The first-order valence-corrected chi connectivity index (χ1v) is 13.4. The number of ether oxygens (including phenoxy) is 2. The third kappa shape index (κ3) is 13.6. The molecular formula is C19H38O10Si2. The fraction of sp³-hybridized carbons (Fsp3) is 0.684. The van der Waals surface area contributed by atoms with Crippen LogP contribution in [-0.4, -0.2) is 85.4 Å². The van der Waals surface area contributed by atoms with Crippen LogP contribution in [0.2, 0.25) is 12.1 Å². The van der Waals surface area contributed by atoms with Gasteiger partial charge in [-0.15, -0.1) is 0 Å². The Morgan fingerprint density at radius 2 is 1.10 bits per heavy atom. The van der Waals surface area contributed by atoms with Crippen molar-refractivity contribution in [1.82, 2.24) is 0 Å². The van der Waals surface area contributed by atoms with Crippen LogP contribution in [0.4, 0.5) is 0 Å². The zero-order valence-electron chi connectivity index (χ0n) is 19.8. The van der Waals surface area contributed by atoms with Gasteiger partial charge in [0.2, 0.25) is 0 Å². The van der Waals surface area contributed by atoms with Gasteiger partial charge >= 0.3 is 29.5 Å². The van der Waals surface area contributed by atoms with Crippen LogP contribution in [0, 0.1) is 0 Å². The molecule has 0 atom stereocenters. The van der Waals surface area contributed by atoms with Crippen molar-refractivity contribution in [2.45, 2.75) is 31.9 Å². The minimum atomic E-state index is -2.53. The number of hydrogen-bond donors (Lipinski definition) is 0. The van der Waals surface area contributed by atoms with Crippen LogP contribution >= 0.6 is 0 Å². The maximum Gasteiger partial charge on any atom is 0.500 e. The molecule has 0 aromatic heterocycles. The molecule has 0 aliphatic carbocycles. The highest BCUT2D eigenvalue weighted by Gasteiger charge is 2.37. The molecule has 0 aliphatic rings. The Morgan fingerprint density at radius 3 is 1.39 bits per heavy atom. The lowest BCUT2D eigenvalue weighted by atomic mass is 10.4. The Morgan fingerprint density at radius 1 is 0.742 bits per heavy atom. The van der Waals surface area contributed by atoms with E-state index in [0.717, 1.165) is 6.08 Å². The van der Waals surface area contributed by atoms with Crippen LogP contribution in [0.15, 0.2) is 24.8 Å². The van der Waals surface area contributed by atoms with Crippen LogP contribution in [0.3, 0.4) is 0 Å². The van der Waals surface area contributed by atoms with E-state index in [2.05, 4.69) is 13.2 Å². The second kappa shape index (κ2) is 18.2. The van der Waals surface area contributed by atoms with Gasteiger partial charge in [-0.3, -0.25) is 0 Å². The summed E-state index contributed by atoms with van der Waals surface area (Å²) in [6, 6.07) is 1.22. The molecule has 0 aliphatic heterocycles. The third-order valence-corrected chi connectivity index (χ3v) is 9.78. The number of hydrogen-bond acceptors (Lipinski definition) is 10. The first kappa shape index (κ1) is 31.8. The van der Waals surface area contributed by atoms with Crippen LogP contribution in [0.5, 0.6) is 0 Å². The van der Waals surface area contributed by atoms with Gasteiger partial charge in [0.25, 0.3) is 0 Å². The van der Waals surface area contributed by atoms with Crippen molar-refractivity contribution < 1.29 is 45.6 Å². The summed E-state index contributed by atoms with van der Waals surface area (Å²) in [5, 5.41) is 0. The Bertz CT molecular complexity index is 517. The minimum absolute atomic E-state index is 0.315. The number of rotatable bonds is 16. The first-order chi connectivity index (χ1) is 14.6. The van der Waals surface area contributed by atoms with Crippen molar-refractivity contribution in [3.63, 3.8) is 0 Å². The Kier molecular flexibility index (Phi) is 18.7. The lowest BCUT2D eigenvalue weighted by Gasteiger charge is -2.24. The molecule has 0 saturated heterocycles. The second-order valence-electron chi connectivity index (χ2n) is 6.09. The fourth-order valence-corrected chi connectivity index (χ4v) is 5.59. The number of carbonyl (C=O) groups excluding carboxylic acids is 2. The summed E-state index contributed by atoms with van der Waals surface area (Å²) in [5.74, 6) is -0.797. The maximum atomic E-state index is 11.1. The lowest BCUT2D eigenvalue weighted by molar-refractivity contribution is -0.139. The molecule has 0 heterocycles. The minimum Gasteiger partial charge on any atom is -0.463 e. The SMILES string of the molecule is C=C(C)C(=O)OCCC[Si](OC)(OC)OC.C=CC(=O)OCCC[Si](OC)(OC)OC. The average molecular weight is 483 g/mol. The van der Waals surface area contributed by atoms with E-state index in [9.17, 15) is 9.59 Å². The van der Waals surface area contributed by atoms with Gasteiger partial charge in [-0.2, -0.15) is 0 Å². The summed E-state index contributed by atoms with van der Waals surface area (Å²) in [7, 11) is 4.27. The maximum absolute atomic E-state index is 11.1. The molecule has 0 fully saturated rings. The summed E-state index contributed by atoms with van der Waals surface area (Å²) in [5.41, 5.74) is 0.397. The van der Waals surface area contributed by atoms with Gasteiger partial charge in [0.15, 0.2) is 0 Å². The smallest absolute Gasteiger partial charge is 0.463 e. The van der Waals surface area contributed by atoms with Crippen LogP contribution in [0.25, 0.3) is 0 Å². The monoisotopic (exact) mass is 482 g/mol. The van der Waals surface area contributed by atoms with E-state index in [-0.39, 0.29) is 5.97 Å². The largest absolute Gasteiger partial charge is 0.500 e. The normalized spacial score (nSPS) is 11.2. The van der Waals surface area contributed by atoms with Crippen molar-refractivity contribution in [3.05, 3.63) is 24.8 Å². The second-order valence-corrected chi connectivity index (χ2v) is 12.3. The molecule has 0 N–H and O–H groups in total. The van der Waals surface area contributed by atoms with E-state index in [1.807, 2.05) is 0 Å². The summed E-state index contributed by atoms with van der Waals surface area (Å²) in [6.07, 6.45) is 2.41. The summed E-state index contributed by atoms with van der Waals surface area (Å²) < 4.78 is 41.1. The van der Waals surface area contributed by atoms with Gasteiger partial charge in [0.05, 0.1) is 13.2 Å². The molecule has 31 heavy (non-hydrogen) atoms. The Labute approximate surface area is 188 Å². The van der Waals surface area contributed by atoms with Crippen molar-refractivity contribution >= 4 is 29.5 Å². The predicted octanol–water partition coefficient (Wildman–Crippen LogP) is 2.36. The van der Waals surface area contributed by atoms with Crippen LogP contribution in [0.1, 0.15) is 19.8 Å². The van der Waals surface area contributed by atoms with Gasteiger partial charge in [0, 0.05) is 66.4 Å². The highest BCUT2D eigenvalue weighted by molar-refractivity contribution is 6.60. The van der Waals surface area contributed by atoms with E-state index < -0.39 is 23.6 Å². The first-order valence-electron chi connectivity index (χ1n) is 9.58. The standard InChI is InChI=1S/C10H20O5Si.C9H18O5Si/c1-9(2)10(11)15-7-6-8-16(12-3,13-4)14-5;1-5-9(10)14-7-6-8-15(11-2,12-3)13-4/h1,6-8H2,2-5H3;5H,1,6-8H2,2-4H3. The van der Waals surface area contributed by atoms with Crippen molar-refractivity contribution in [1.29, 1.82) is 0 Å². The van der Waals surface area contributed by atoms with Crippen molar-refractivity contribution in [3.8, 4) is 0 Å². The fourth-order valence-electron chi connectivity index (χ4n) is 2.21. The van der Waals surface area contributed by atoms with Crippen LogP contribution in [-0.2, 0) is 45.6 Å². The van der Waals surface area contributed by atoms with Crippen molar-refractivity contribution in [2.75, 3.05) is 55.9 Å². The predicted molar refractivity (Wildman–Crippen MR) is 119 cm³/mol. The summed E-state index contributed by atoms with van der Waals surface area (Å²) in [6.45, 7) is 9.03. The molecule has 0 radical (unpaired) electrons. The van der Waals surface area contributed by atoms with Gasteiger partial charge in [-0.1, -0.05) is 13.2 Å². The van der Waals surface area contributed by atoms with Gasteiger partial charge in [-0.05, 0) is 19.8 Å². The average Bonchev–Trinajstić information content (AvgIpc) is 2.80. The number of carbonyl (C=O) groups is 2. The zero-order chi connectivity index (χ0) is 24.3. The van der Waals surface area contributed by atoms with E-state index in [0.29, 0.717) is 43.7 Å². The molecule has 0 amide bonds. The highest BCUT2D eigenvalue weighted by atomic mass is 28.4. The molecular weight excluding hydrogens is 444 g/mol. The molecule has 12 heteroatoms. The van der Waals surface area contributed by atoms with Crippen LogP contribution < -0.4 is 0 Å². The quantitative estimate of drug-likeness (QED) is 0.141. The van der Waals surface area contributed by atoms with Gasteiger partial charge < -0.3 is 36.0 Å². The molecule has 0 unspecified atom stereocenters. The summed E-state index contributed by atoms with van der Waals surface area (Å²) >= 11 is 0.